The minimum absolute atomic E-state index is 0.167. The number of esters is 2. The number of nitrogens with one attached hydrogen (secondary N) is 1. The Balaban J connectivity index is 3.17. The molecule has 0 aliphatic carbocycles. The van der Waals surface area contributed by atoms with Gasteiger partial charge in [-0.05, 0) is 33.3 Å². The number of ether oxygens (including phenoxy) is 2. The van der Waals surface area contributed by atoms with E-state index >= 15 is 0 Å². The van der Waals surface area contributed by atoms with E-state index in [-0.39, 0.29) is 24.5 Å². The van der Waals surface area contributed by atoms with Gasteiger partial charge in [-0.3, -0.25) is 0 Å². The van der Waals surface area contributed by atoms with Crippen LogP contribution in [0.5, 0.6) is 0 Å². The molecule has 0 aliphatic rings. The number of carbonyl (C=O) groups excluding carboxylic acids is 2. The maximum atomic E-state index is 11.8. The highest BCUT2D eigenvalue weighted by molar-refractivity contribution is 6.03. The summed E-state index contributed by atoms with van der Waals surface area (Å²) in [6.07, 6.45) is 0. The number of aromatic nitrogens is 1. The minimum Gasteiger partial charge on any atom is -0.462 e. The molecular weight excluding hydrogens is 222 g/mol. The number of carbonyl (C=O) groups is 2. The maximum Gasteiger partial charge on any atom is 0.355 e. The van der Waals surface area contributed by atoms with Crippen LogP contribution in [0, 0.1) is 13.8 Å². The fourth-order valence-electron chi connectivity index (χ4n) is 1.53. The molecule has 1 N–H and O–H groups in total. The molecule has 5 heteroatoms. The Morgan fingerprint density at radius 2 is 1.59 bits per heavy atom. The van der Waals surface area contributed by atoms with E-state index in [4.69, 9.17) is 9.47 Å². The van der Waals surface area contributed by atoms with Crippen LogP contribution >= 0.6 is 0 Å². The van der Waals surface area contributed by atoms with Crippen molar-refractivity contribution in [3.8, 4) is 0 Å². The Hall–Kier alpha value is -1.78. The van der Waals surface area contributed by atoms with Crippen molar-refractivity contribution in [3.05, 3.63) is 22.5 Å². The van der Waals surface area contributed by atoms with Gasteiger partial charge in [0.25, 0.3) is 0 Å². The van der Waals surface area contributed by atoms with Gasteiger partial charge < -0.3 is 14.5 Å². The molecule has 0 saturated heterocycles. The van der Waals surface area contributed by atoms with Crippen molar-refractivity contribution in [1.29, 1.82) is 0 Å². The molecule has 1 aromatic rings. The van der Waals surface area contributed by atoms with Crippen LogP contribution in [0.4, 0.5) is 0 Å². The number of hydrogen-bond acceptors (Lipinski definition) is 4. The molecule has 0 spiro atoms. The average molecular weight is 239 g/mol. The Bertz CT molecular complexity index is 434. The molecule has 0 amide bonds. The van der Waals surface area contributed by atoms with Crippen molar-refractivity contribution < 1.29 is 19.1 Å². The van der Waals surface area contributed by atoms with Crippen molar-refractivity contribution in [2.75, 3.05) is 13.2 Å². The summed E-state index contributed by atoms with van der Waals surface area (Å²) in [5.41, 5.74) is 1.91. The zero-order chi connectivity index (χ0) is 13.0. The van der Waals surface area contributed by atoms with Gasteiger partial charge in [-0.1, -0.05) is 0 Å². The molecule has 94 valence electrons. The first-order valence-electron chi connectivity index (χ1n) is 5.56. The van der Waals surface area contributed by atoms with Crippen LogP contribution in [0.1, 0.15) is 46.0 Å². The smallest absolute Gasteiger partial charge is 0.355 e. The fourth-order valence-corrected chi connectivity index (χ4v) is 1.53. The van der Waals surface area contributed by atoms with Crippen LogP contribution < -0.4 is 0 Å². The summed E-state index contributed by atoms with van der Waals surface area (Å²) in [6.45, 7) is 7.52. The molecule has 5 nitrogen and oxygen atoms in total. The van der Waals surface area contributed by atoms with Crippen molar-refractivity contribution in [2.45, 2.75) is 27.7 Å². The van der Waals surface area contributed by atoms with Crippen molar-refractivity contribution in [2.24, 2.45) is 0 Å². The lowest BCUT2D eigenvalue weighted by Crippen LogP contribution is -2.13. The van der Waals surface area contributed by atoms with Crippen molar-refractivity contribution in [3.63, 3.8) is 0 Å². The van der Waals surface area contributed by atoms with E-state index in [0.29, 0.717) is 5.56 Å². The highest BCUT2D eigenvalue weighted by Crippen LogP contribution is 2.19. The summed E-state index contributed by atoms with van der Waals surface area (Å²) in [7, 11) is 0. The minimum atomic E-state index is -0.535. The molecule has 0 atom stereocenters. The molecule has 0 aliphatic heterocycles. The molecule has 0 radical (unpaired) electrons. The lowest BCUT2D eigenvalue weighted by Gasteiger charge is -2.04. The number of H-pyrrole nitrogens is 1. The molecular formula is C12H17NO4. The van der Waals surface area contributed by atoms with E-state index in [1.165, 1.54) is 0 Å². The predicted octanol–water partition coefficient (Wildman–Crippen LogP) is 1.98. The summed E-state index contributed by atoms with van der Waals surface area (Å²) in [5.74, 6) is -1.04. The summed E-state index contributed by atoms with van der Waals surface area (Å²) < 4.78 is 9.81. The van der Waals surface area contributed by atoms with Crippen LogP contribution in [-0.2, 0) is 9.47 Å². The molecule has 0 unspecified atom stereocenters. The molecule has 1 rings (SSSR count). The Morgan fingerprint density at radius 3 is 2.12 bits per heavy atom. The summed E-state index contributed by atoms with van der Waals surface area (Å²) in [4.78, 5) is 26.3. The Morgan fingerprint density at radius 1 is 1.06 bits per heavy atom. The number of aromatic amines is 1. The zero-order valence-corrected chi connectivity index (χ0v) is 10.5. The number of aryl methyl sites for hydroxylation is 1. The third-order valence-corrected chi connectivity index (χ3v) is 2.46. The van der Waals surface area contributed by atoms with E-state index in [1.54, 1.807) is 27.7 Å². The molecule has 0 saturated carbocycles. The molecule has 17 heavy (non-hydrogen) atoms. The van der Waals surface area contributed by atoms with Gasteiger partial charge in [0.05, 0.1) is 18.8 Å². The van der Waals surface area contributed by atoms with Crippen LogP contribution in [0.3, 0.4) is 0 Å². The van der Waals surface area contributed by atoms with Gasteiger partial charge in [-0.25, -0.2) is 9.59 Å². The standard InChI is InChI=1S/C12H17NO4/c1-5-16-11(14)9-7(3)8(4)13-10(9)12(15)17-6-2/h13H,5-6H2,1-4H3. The topological polar surface area (TPSA) is 68.4 Å². The molecule has 1 aromatic heterocycles. The number of hydrogen-bond donors (Lipinski definition) is 1. The fraction of sp³-hybridized carbons (Fsp3) is 0.500. The second kappa shape index (κ2) is 5.52. The predicted molar refractivity (Wildman–Crippen MR) is 62.2 cm³/mol. The SMILES string of the molecule is CCOC(=O)c1[nH]c(C)c(C)c1C(=O)OCC. The van der Waals surface area contributed by atoms with Gasteiger partial charge in [0.1, 0.15) is 5.69 Å². The molecule has 0 aromatic carbocycles. The molecule has 1 heterocycles. The van der Waals surface area contributed by atoms with Crippen LogP contribution in [0.25, 0.3) is 0 Å². The largest absolute Gasteiger partial charge is 0.462 e. The van der Waals surface area contributed by atoms with Crippen LogP contribution in [0.15, 0.2) is 0 Å². The Kier molecular flexibility index (Phi) is 4.31. The van der Waals surface area contributed by atoms with E-state index < -0.39 is 11.9 Å². The van der Waals surface area contributed by atoms with E-state index in [1.807, 2.05) is 0 Å². The third-order valence-electron chi connectivity index (χ3n) is 2.46. The second-order valence-corrected chi connectivity index (χ2v) is 3.57. The first kappa shape index (κ1) is 13.3. The highest BCUT2D eigenvalue weighted by atomic mass is 16.5. The first-order valence-corrected chi connectivity index (χ1v) is 5.56. The second-order valence-electron chi connectivity index (χ2n) is 3.57. The molecule has 0 bridgehead atoms. The first-order chi connectivity index (χ1) is 8.02. The van der Waals surface area contributed by atoms with Gasteiger partial charge in [-0.2, -0.15) is 0 Å². The average Bonchev–Trinajstić information content (AvgIpc) is 2.56. The number of rotatable bonds is 4. The van der Waals surface area contributed by atoms with Gasteiger partial charge in [0.2, 0.25) is 0 Å². The van der Waals surface area contributed by atoms with Crippen LogP contribution in [-0.4, -0.2) is 30.1 Å². The monoisotopic (exact) mass is 239 g/mol. The summed E-state index contributed by atoms with van der Waals surface area (Å²) in [5, 5.41) is 0. The quantitative estimate of drug-likeness (QED) is 0.816. The van der Waals surface area contributed by atoms with Crippen LogP contribution in [0.2, 0.25) is 0 Å². The lowest BCUT2D eigenvalue weighted by atomic mass is 10.1. The summed E-state index contributed by atoms with van der Waals surface area (Å²) >= 11 is 0. The van der Waals surface area contributed by atoms with E-state index in [0.717, 1.165) is 5.69 Å². The normalized spacial score (nSPS) is 10.1. The zero-order valence-electron chi connectivity index (χ0n) is 10.5. The van der Waals surface area contributed by atoms with Gasteiger partial charge in [0.15, 0.2) is 0 Å². The summed E-state index contributed by atoms with van der Waals surface area (Å²) in [6, 6.07) is 0. The maximum absolute atomic E-state index is 11.8. The molecule has 0 fully saturated rings. The van der Waals surface area contributed by atoms with Gasteiger partial charge in [0, 0.05) is 5.69 Å². The highest BCUT2D eigenvalue weighted by Gasteiger charge is 2.25. The third kappa shape index (κ3) is 2.67. The van der Waals surface area contributed by atoms with Gasteiger partial charge >= 0.3 is 11.9 Å². The van der Waals surface area contributed by atoms with Crippen molar-refractivity contribution in [1.82, 2.24) is 4.98 Å². The Labute approximate surface area is 100 Å². The van der Waals surface area contributed by atoms with E-state index in [9.17, 15) is 9.59 Å². The lowest BCUT2D eigenvalue weighted by molar-refractivity contribution is 0.0475. The van der Waals surface area contributed by atoms with Gasteiger partial charge in [-0.15, -0.1) is 0 Å². The van der Waals surface area contributed by atoms with E-state index in [2.05, 4.69) is 4.98 Å². The van der Waals surface area contributed by atoms with Crippen molar-refractivity contribution >= 4 is 11.9 Å².